The lowest BCUT2D eigenvalue weighted by molar-refractivity contribution is -0.132. The van der Waals surface area contributed by atoms with Crippen molar-refractivity contribution in [3.8, 4) is 0 Å². The Morgan fingerprint density at radius 2 is 1.83 bits per heavy atom. The third-order valence-corrected chi connectivity index (χ3v) is 4.83. The molecule has 0 spiro atoms. The van der Waals surface area contributed by atoms with Gasteiger partial charge in [0.15, 0.2) is 5.96 Å². The van der Waals surface area contributed by atoms with Gasteiger partial charge in [-0.1, -0.05) is 0 Å². The van der Waals surface area contributed by atoms with Gasteiger partial charge in [0.1, 0.15) is 0 Å². The smallest absolute Gasteiger partial charge is 0.356 e. The summed E-state index contributed by atoms with van der Waals surface area (Å²) >= 11 is 0. The van der Waals surface area contributed by atoms with E-state index < -0.39 is 22.6 Å². The van der Waals surface area contributed by atoms with Crippen molar-refractivity contribution >= 4 is 40.0 Å². The number of piperidine rings is 1. The van der Waals surface area contributed by atoms with Gasteiger partial charge < -0.3 is 10.6 Å². The number of hydrogen-bond acceptors (Lipinski definition) is 3. The molecule has 0 aromatic rings. The summed E-state index contributed by atoms with van der Waals surface area (Å²) in [7, 11) is -1.65. The number of hydrogen-bond donors (Lipinski definition) is 2. The second-order valence-corrected chi connectivity index (χ2v) is 7.33. The van der Waals surface area contributed by atoms with Gasteiger partial charge in [-0.2, -0.15) is 13.2 Å². The van der Waals surface area contributed by atoms with E-state index in [1.54, 1.807) is 0 Å². The van der Waals surface area contributed by atoms with Crippen LogP contribution in [0.2, 0.25) is 0 Å². The van der Waals surface area contributed by atoms with Crippen LogP contribution >= 0.6 is 24.0 Å². The largest absolute Gasteiger partial charge is 0.390 e. The van der Waals surface area contributed by atoms with Crippen molar-refractivity contribution in [2.45, 2.75) is 25.4 Å². The number of halogens is 4. The van der Waals surface area contributed by atoms with Crippen molar-refractivity contribution in [2.75, 3.05) is 39.5 Å². The highest BCUT2D eigenvalue weighted by atomic mass is 127. The maximum absolute atomic E-state index is 12.1. The number of rotatable bonds is 5. The molecule has 2 N–H and O–H groups in total. The molecule has 0 atom stereocenters. The molecule has 0 unspecified atom stereocenters. The first kappa shape index (κ1) is 22.7. The third kappa shape index (κ3) is 9.55. The second-order valence-electron chi connectivity index (χ2n) is 5.35. The van der Waals surface area contributed by atoms with E-state index in [1.165, 1.54) is 17.6 Å². The van der Waals surface area contributed by atoms with Gasteiger partial charge in [-0.3, -0.25) is 4.99 Å². The summed E-state index contributed by atoms with van der Waals surface area (Å²) in [5.41, 5.74) is 0. The van der Waals surface area contributed by atoms with Gasteiger partial charge in [-0.15, -0.1) is 24.0 Å². The summed E-state index contributed by atoms with van der Waals surface area (Å²) in [5, 5.41) is 5.59. The van der Waals surface area contributed by atoms with Crippen LogP contribution in [0.5, 0.6) is 0 Å². The molecular formula is C12H24F3IN4O2S. The Labute approximate surface area is 152 Å². The van der Waals surface area contributed by atoms with Crippen LogP contribution in [0.3, 0.4) is 0 Å². The van der Waals surface area contributed by atoms with E-state index in [2.05, 4.69) is 15.6 Å². The Morgan fingerprint density at radius 1 is 1.26 bits per heavy atom. The Hall–Kier alpha value is -0.300. The maximum atomic E-state index is 12.1. The SMILES string of the molecule is CN=C(NCCC(F)(F)F)NCC1CCN(S(C)(=O)=O)CC1.I. The van der Waals surface area contributed by atoms with Crippen LogP contribution in [-0.4, -0.2) is 64.3 Å². The molecule has 0 aromatic carbocycles. The summed E-state index contributed by atoms with van der Waals surface area (Å²) in [6.45, 7) is 1.29. The predicted octanol–water partition coefficient (Wildman–Crippen LogP) is 1.39. The van der Waals surface area contributed by atoms with Gasteiger partial charge >= 0.3 is 6.18 Å². The first-order valence-corrected chi connectivity index (χ1v) is 8.93. The maximum Gasteiger partial charge on any atom is 0.390 e. The molecule has 11 heteroatoms. The van der Waals surface area contributed by atoms with Gasteiger partial charge in [-0.25, -0.2) is 12.7 Å². The zero-order valence-electron chi connectivity index (χ0n) is 13.2. The van der Waals surface area contributed by atoms with Crippen molar-refractivity contribution in [1.82, 2.24) is 14.9 Å². The van der Waals surface area contributed by atoms with Crippen molar-refractivity contribution in [2.24, 2.45) is 10.9 Å². The van der Waals surface area contributed by atoms with E-state index >= 15 is 0 Å². The second kappa shape index (κ2) is 9.87. The topological polar surface area (TPSA) is 73.8 Å². The minimum absolute atomic E-state index is 0. The van der Waals surface area contributed by atoms with Gasteiger partial charge in [0, 0.05) is 33.2 Å². The first-order chi connectivity index (χ1) is 10.1. The number of nitrogens with one attached hydrogen (secondary N) is 2. The number of alkyl halides is 3. The Morgan fingerprint density at radius 3 is 2.26 bits per heavy atom. The zero-order chi connectivity index (χ0) is 16.8. The molecule has 0 saturated carbocycles. The molecule has 0 aromatic heterocycles. The molecule has 0 bridgehead atoms. The van der Waals surface area contributed by atoms with Crippen molar-refractivity contribution < 1.29 is 21.6 Å². The van der Waals surface area contributed by atoms with Gasteiger partial charge in [-0.05, 0) is 18.8 Å². The summed E-state index contributed by atoms with van der Waals surface area (Å²) in [5.74, 6) is 0.606. The predicted molar refractivity (Wildman–Crippen MR) is 94.6 cm³/mol. The average molecular weight is 472 g/mol. The molecule has 1 rings (SSSR count). The molecule has 1 saturated heterocycles. The van der Waals surface area contributed by atoms with E-state index in [0.29, 0.717) is 25.6 Å². The number of guanidine groups is 1. The number of sulfonamides is 1. The Kier molecular flexibility index (Phi) is 9.74. The van der Waals surface area contributed by atoms with Crippen LogP contribution in [0.25, 0.3) is 0 Å². The van der Waals surface area contributed by atoms with Gasteiger partial charge in [0.2, 0.25) is 10.0 Å². The van der Waals surface area contributed by atoms with E-state index in [-0.39, 0.29) is 36.4 Å². The molecule has 1 fully saturated rings. The molecule has 23 heavy (non-hydrogen) atoms. The number of aliphatic imine (C=N–C) groups is 1. The lowest BCUT2D eigenvalue weighted by atomic mass is 9.98. The Bertz CT molecular complexity index is 477. The molecule has 1 aliphatic rings. The standard InChI is InChI=1S/C12H23F3N4O2S.HI/c1-16-11(17-6-5-12(13,14)15)18-9-10-3-7-19(8-4-10)22(2,20)21;/h10H,3-9H2,1-2H3,(H2,16,17,18);1H. The quantitative estimate of drug-likeness (QED) is 0.361. The Balaban J connectivity index is 0.00000484. The molecule has 1 heterocycles. The monoisotopic (exact) mass is 472 g/mol. The zero-order valence-corrected chi connectivity index (χ0v) is 16.3. The van der Waals surface area contributed by atoms with E-state index in [1.807, 2.05) is 0 Å². The fourth-order valence-electron chi connectivity index (χ4n) is 2.23. The van der Waals surface area contributed by atoms with Crippen LogP contribution in [0.1, 0.15) is 19.3 Å². The van der Waals surface area contributed by atoms with E-state index in [0.717, 1.165) is 12.8 Å². The molecule has 0 aliphatic carbocycles. The lowest BCUT2D eigenvalue weighted by Gasteiger charge is -2.30. The van der Waals surface area contributed by atoms with Crippen LogP contribution in [0.15, 0.2) is 4.99 Å². The van der Waals surface area contributed by atoms with E-state index in [4.69, 9.17) is 0 Å². The summed E-state index contributed by atoms with van der Waals surface area (Å²) in [4.78, 5) is 3.87. The molecule has 6 nitrogen and oxygen atoms in total. The van der Waals surface area contributed by atoms with Crippen LogP contribution < -0.4 is 10.6 Å². The van der Waals surface area contributed by atoms with Crippen molar-refractivity contribution in [3.05, 3.63) is 0 Å². The normalized spacial score (nSPS) is 18.4. The fraction of sp³-hybridized carbons (Fsp3) is 0.917. The number of nitrogens with zero attached hydrogens (tertiary/aromatic N) is 2. The molecule has 138 valence electrons. The highest BCUT2D eigenvalue weighted by molar-refractivity contribution is 14.0. The average Bonchev–Trinajstić information content (AvgIpc) is 2.41. The third-order valence-electron chi connectivity index (χ3n) is 3.53. The lowest BCUT2D eigenvalue weighted by Crippen LogP contribution is -2.44. The molecular weight excluding hydrogens is 448 g/mol. The summed E-state index contributed by atoms with van der Waals surface area (Å²) < 4.78 is 60.4. The molecule has 0 radical (unpaired) electrons. The van der Waals surface area contributed by atoms with Crippen molar-refractivity contribution in [3.63, 3.8) is 0 Å². The molecule has 0 amide bonds. The first-order valence-electron chi connectivity index (χ1n) is 7.08. The van der Waals surface area contributed by atoms with Crippen LogP contribution in [0, 0.1) is 5.92 Å². The summed E-state index contributed by atoms with van der Waals surface area (Å²) in [6.07, 6.45) is -2.47. The van der Waals surface area contributed by atoms with Crippen molar-refractivity contribution in [1.29, 1.82) is 0 Å². The highest BCUT2D eigenvalue weighted by Crippen LogP contribution is 2.19. The minimum atomic E-state index is -4.19. The van der Waals surface area contributed by atoms with Gasteiger partial charge in [0.05, 0.1) is 12.7 Å². The molecule has 1 aliphatic heterocycles. The van der Waals surface area contributed by atoms with Crippen LogP contribution in [0.4, 0.5) is 13.2 Å². The summed E-state index contributed by atoms with van der Waals surface area (Å²) in [6, 6.07) is 0. The van der Waals surface area contributed by atoms with Gasteiger partial charge in [0.25, 0.3) is 0 Å². The highest BCUT2D eigenvalue weighted by Gasteiger charge is 2.27. The minimum Gasteiger partial charge on any atom is -0.356 e. The van der Waals surface area contributed by atoms with E-state index in [9.17, 15) is 21.6 Å². The van der Waals surface area contributed by atoms with Crippen LogP contribution in [-0.2, 0) is 10.0 Å². The fourth-order valence-corrected chi connectivity index (χ4v) is 3.10.